The molecule has 0 aliphatic heterocycles. The maximum atomic E-state index is 11.3. The van der Waals surface area contributed by atoms with Gasteiger partial charge in [0.1, 0.15) is 12.7 Å². The van der Waals surface area contributed by atoms with Crippen LogP contribution in [0.4, 0.5) is 0 Å². The van der Waals surface area contributed by atoms with Crippen molar-refractivity contribution in [3.63, 3.8) is 0 Å². The summed E-state index contributed by atoms with van der Waals surface area (Å²) < 4.78 is 10.1. The molecule has 0 heterocycles. The number of ether oxygens (including phenoxy) is 2. The molecular formula is C13H20O4. The monoisotopic (exact) mass is 240 g/mol. The Morgan fingerprint density at radius 2 is 1.65 bits per heavy atom. The Morgan fingerprint density at radius 3 is 2.06 bits per heavy atom. The first kappa shape index (κ1) is 15.4. The fourth-order valence-electron chi connectivity index (χ4n) is 1.04. The van der Waals surface area contributed by atoms with Gasteiger partial charge in [-0.05, 0) is 20.3 Å². The van der Waals surface area contributed by atoms with Crippen molar-refractivity contribution >= 4 is 11.9 Å². The second kappa shape index (κ2) is 7.65. The Balaban J connectivity index is 4.24. The molecule has 0 saturated heterocycles. The second-order valence-corrected chi connectivity index (χ2v) is 3.98. The van der Waals surface area contributed by atoms with Crippen LogP contribution in [0.3, 0.4) is 0 Å². The van der Waals surface area contributed by atoms with Crippen molar-refractivity contribution < 1.29 is 19.1 Å². The van der Waals surface area contributed by atoms with Gasteiger partial charge in [0.15, 0.2) is 0 Å². The summed E-state index contributed by atoms with van der Waals surface area (Å²) in [6, 6.07) is 0. The maximum absolute atomic E-state index is 11.3. The van der Waals surface area contributed by atoms with Crippen molar-refractivity contribution in [1.29, 1.82) is 0 Å². The largest absolute Gasteiger partial charge is 0.458 e. The molecule has 0 aliphatic rings. The van der Waals surface area contributed by atoms with Gasteiger partial charge in [0, 0.05) is 11.1 Å². The van der Waals surface area contributed by atoms with Crippen LogP contribution in [0.1, 0.15) is 33.6 Å². The van der Waals surface area contributed by atoms with E-state index in [0.29, 0.717) is 17.6 Å². The Morgan fingerprint density at radius 1 is 1.12 bits per heavy atom. The zero-order valence-corrected chi connectivity index (χ0v) is 10.7. The van der Waals surface area contributed by atoms with Crippen molar-refractivity contribution in [2.24, 2.45) is 0 Å². The van der Waals surface area contributed by atoms with Crippen molar-refractivity contribution in [2.45, 2.75) is 39.7 Å². The zero-order valence-electron chi connectivity index (χ0n) is 10.7. The molecule has 0 saturated carbocycles. The van der Waals surface area contributed by atoms with Crippen molar-refractivity contribution in [2.75, 3.05) is 6.61 Å². The minimum Gasteiger partial charge on any atom is -0.458 e. The van der Waals surface area contributed by atoms with Crippen LogP contribution in [0.5, 0.6) is 0 Å². The van der Waals surface area contributed by atoms with Gasteiger partial charge in [-0.2, -0.15) is 0 Å². The highest BCUT2D eigenvalue weighted by Gasteiger charge is 2.16. The molecule has 0 N–H and O–H groups in total. The average molecular weight is 240 g/mol. The summed E-state index contributed by atoms with van der Waals surface area (Å²) in [6.45, 7) is 12.1. The van der Waals surface area contributed by atoms with Crippen LogP contribution in [0.2, 0.25) is 0 Å². The molecule has 0 amide bonds. The molecule has 17 heavy (non-hydrogen) atoms. The minimum absolute atomic E-state index is 0.0541. The van der Waals surface area contributed by atoms with Crippen LogP contribution >= 0.6 is 0 Å². The van der Waals surface area contributed by atoms with Gasteiger partial charge in [0.05, 0.1) is 0 Å². The molecular weight excluding hydrogens is 220 g/mol. The van der Waals surface area contributed by atoms with Crippen LogP contribution in [0, 0.1) is 0 Å². The summed E-state index contributed by atoms with van der Waals surface area (Å²) in [5.74, 6) is -0.938. The quantitative estimate of drug-likeness (QED) is 0.506. The van der Waals surface area contributed by atoms with Gasteiger partial charge in [-0.15, -0.1) is 0 Å². The molecule has 1 unspecified atom stereocenters. The smallest absolute Gasteiger partial charge is 0.333 e. The van der Waals surface area contributed by atoms with Crippen molar-refractivity contribution in [3.05, 3.63) is 24.3 Å². The van der Waals surface area contributed by atoms with Crippen molar-refractivity contribution in [3.8, 4) is 0 Å². The number of rotatable bonds is 7. The summed E-state index contributed by atoms with van der Waals surface area (Å²) in [6.07, 6.45) is 1.05. The standard InChI is InChI=1S/C13H20O4/c1-6-7-11(17-13(15)10(4)5)8-16-12(14)9(2)3/h11H,2,4,6-8H2,1,3,5H3. The van der Waals surface area contributed by atoms with Crippen LogP contribution in [0.15, 0.2) is 24.3 Å². The van der Waals surface area contributed by atoms with E-state index in [0.717, 1.165) is 6.42 Å². The highest BCUT2D eigenvalue weighted by molar-refractivity contribution is 5.87. The summed E-state index contributed by atoms with van der Waals surface area (Å²) in [5, 5.41) is 0. The van der Waals surface area contributed by atoms with Gasteiger partial charge >= 0.3 is 11.9 Å². The molecule has 96 valence electrons. The topological polar surface area (TPSA) is 52.6 Å². The predicted molar refractivity (Wildman–Crippen MR) is 65.4 cm³/mol. The van der Waals surface area contributed by atoms with Crippen LogP contribution in [0.25, 0.3) is 0 Å². The lowest BCUT2D eigenvalue weighted by Crippen LogP contribution is -2.25. The zero-order chi connectivity index (χ0) is 13.4. The third-order valence-corrected chi connectivity index (χ3v) is 1.98. The average Bonchev–Trinajstić information content (AvgIpc) is 2.25. The van der Waals surface area contributed by atoms with Crippen LogP contribution < -0.4 is 0 Å². The van der Waals surface area contributed by atoms with Gasteiger partial charge in [0.25, 0.3) is 0 Å². The predicted octanol–water partition coefficient (Wildman–Crippen LogP) is 2.39. The second-order valence-electron chi connectivity index (χ2n) is 3.98. The first-order valence-corrected chi connectivity index (χ1v) is 5.57. The van der Waals surface area contributed by atoms with Crippen molar-refractivity contribution in [1.82, 2.24) is 0 Å². The Labute approximate surface area is 102 Å². The Kier molecular flexibility index (Phi) is 6.94. The molecule has 0 spiro atoms. The van der Waals surface area contributed by atoms with Gasteiger partial charge in [-0.25, -0.2) is 9.59 Å². The molecule has 0 aromatic carbocycles. The SMILES string of the molecule is C=C(C)C(=O)OCC(CCC)OC(=O)C(=C)C. The van der Waals surface area contributed by atoms with E-state index in [1.807, 2.05) is 6.92 Å². The molecule has 0 rings (SSSR count). The molecule has 0 radical (unpaired) electrons. The van der Waals surface area contributed by atoms with E-state index in [1.54, 1.807) is 13.8 Å². The molecule has 0 bridgehead atoms. The third kappa shape index (κ3) is 6.56. The maximum Gasteiger partial charge on any atom is 0.333 e. The number of esters is 2. The van der Waals surface area contributed by atoms with Gasteiger partial charge < -0.3 is 9.47 Å². The minimum atomic E-state index is -0.475. The van der Waals surface area contributed by atoms with E-state index < -0.39 is 18.0 Å². The van der Waals surface area contributed by atoms with E-state index in [-0.39, 0.29) is 6.61 Å². The number of hydrogen-bond acceptors (Lipinski definition) is 4. The Bertz CT molecular complexity index is 317. The van der Waals surface area contributed by atoms with E-state index in [2.05, 4.69) is 13.2 Å². The van der Waals surface area contributed by atoms with Crippen LogP contribution in [-0.4, -0.2) is 24.6 Å². The van der Waals surface area contributed by atoms with E-state index in [4.69, 9.17) is 9.47 Å². The molecule has 0 fully saturated rings. The molecule has 4 heteroatoms. The van der Waals surface area contributed by atoms with E-state index in [9.17, 15) is 9.59 Å². The fourth-order valence-corrected chi connectivity index (χ4v) is 1.04. The molecule has 0 aliphatic carbocycles. The van der Waals surface area contributed by atoms with Crippen LogP contribution in [-0.2, 0) is 19.1 Å². The normalized spacial score (nSPS) is 11.5. The lowest BCUT2D eigenvalue weighted by atomic mass is 10.2. The first-order chi connectivity index (χ1) is 7.88. The van der Waals surface area contributed by atoms with Gasteiger partial charge in [-0.1, -0.05) is 26.5 Å². The lowest BCUT2D eigenvalue weighted by Gasteiger charge is -2.17. The van der Waals surface area contributed by atoms with E-state index >= 15 is 0 Å². The highest BCUT2D eigenvalue weighted by atomic mass is 16.6. The summed E-state index contributed by atoms with van der Waals surface area (Å²) >= 11 is 0. The molecule has 0 aromatic rings. The first-order valence-electron chi connectivity index (χ1n) is 5.57. The number of carbonyl (C=O) groups is 2. The third-order valence-electron chi connectivity index (χ3n) is 1.98. The van der Waals surface area contributed by atoms with Gasteiger partial charge in [0.2, 0.25) is 0 Å². The van der Waals surface area contributed by atoms with Gasteiger partial charge in [-0.3, -0.25) is 0 Å². The molecule has 1 atom stereocenters. The highest BCUT2D eigenvalue weighted by Crippen LogP contribution is 2.07. The lowest BCUT2D eigenvalue weighted by molar-refractivity contribution is -0.154. The number of carbonyl (C=O) groups excluding carboxylic acids is 2. The molecule has 4 nitrogen and oxygen atoms in total. The number of hydrogen-bond donors (Lipinski definition) is 0. The summed E-state index contributed by atoms with van der Waals surface area (Å²) in [4.78, 5) is 22.5. The van der Waals surface area contributed by atoms with E-state index in [1.165, 1.54) is 0 Å². The Hall–Kier alpha value is -1.58. The summed E-state index contributed by atoms with van der Waals surface area (Å²) in [7, 11) is 0. The summed E-state index contributed by atoms with van der Waals surface area (Å²) in [5.41, 5.74) is 0.656. The fraction of sp³-hybridized carbons (Fsp3) is 0.538. The molecule has 0 aromatic heterocycles.